The third-order valence-corrected chi connectivity index (χ3v) is 1.96. The normalized spacial score (nSPS) is 13.2. The molecule has 0 bridgehead atoms. The van der Waals surface area contributed by atoms with E-state index in [4.69, 9.17) is 0 Å². The summed E-state index contributed by atoms with van der Waals surface area (Å²) < 4.78 is 2.03. The molecule has 1 aromatic heterocycles. The molecule has 68 valence electrons. The lowest BCUT2D eigenvalue weighted by molar-refractivity contribution is 0.407. The summed E-state index contributed by atoms with van der Waals surface area (Å²) in [7, 11) is 1.98. The Morgan fingerprint density at radius 1 is 1.58 bits per heavy atom. The zero-order valence-corrected chi connectivity index (χ0v) is 7.83. The molecule has 1 aromatic rings. The second kappa shape index (κ2) is 4.93. The van der Waals surface area contributed by atoms with Crippen molar-refractivity contribution in [3.05, 3.63) is 18.5 Å². The molecule has 12 heavy (non-hydrogen) atoms. The van der Waals surface area contributed by atoms with Crippen LogP contribution in [-0.4, -0.2) is 23.4 Å². The third-order valence-electron chi connectivity index (χ3n) is 1.96. The van der Waals surface area contributed by atoms with Crippen molar-refractivity contribution >= 4 is 0 Å². The predicted molar refractivity (Wildman–Crippen MR) is 50.1 cm³/mol. The van der Waals surface area contributed by atoms with E-state index in [2.05, 4.69) is 17.3 Å². The molecular weight excluding hydrogens is 150 g/mol. The molecule has 1 atom stereocenters. The molecule has 1 unspecified atom stereocenters. The van der Waals surface area contributed by atoms with Crippen LogP contribution in [0.5, 0.6) is 0 Å². The quantitative estimate of drug-likeness (QED) is 0.719. The molecule has 1 heterocycles. The summed E-state index contributed by atoms with van der Waals surface area (Å²) in [6, 6.07) is 2.48. The number of nitrogens with one attached hydrogen (secondary N) is 1. The Morgan fingerprint density at radius 2 is 2.42 bits per heavy atom. The van der Waals surface area contributed by atoms with Gasteiger partial charge in [0, 0.05) is 18.9 Å². The zero-order valence-electron chi connectivity index (χ0n) is 7.83. The Kier molecular flexibility index (Phi) is 3.80. The number of aromatic nitrogens is 2. The summed E-state index contributed by atoms with van der Waals surface area (Å²) in [5.41, 5.74) is 0. The monoisotopic (exact) mass is 167 g/mol. The van der Waals surface area contributed by atoms with Gasteiger partial charge in [-0.1, -0.05) is 13.3 Å². The van der Waals surface area contributed by atoms with Crippen LogP contribution in [-0.2, 0) is 0 Å². The minimum atomic E-state index is 0.509. The van der Waals surface area contributed by atoms with Crippen LogP contribution in [0.25, 0.3) is 0 Å². The van der Waals surface area contributed by atoms with Crippen molar-refractivity contribution in [2.45, 2.75) is 25.8 Å². The molecule has 1 rings (SSSR count). The molecule has 3 heteroatoms. The minimum Gasteiger partial charge on any atom is -0.318 e. The number of hydrogen-bond donors (Lipinski definition) is 1. The first-order valence-corrected chi connectivity index (χ1v) is 4.52. The van der Waals surface area contributed by atoms with Crippen molar-refractivity contribution in [1.29, 1.82) is 0 Å². The molecule has 0 aliphatic heterocycles. The Morgan fingerprint density at radius 3 is 2.92 bits per heavy atom. The van der Waals surface area contributed by atoms with Gasteiger partial charge in [0.1, 0.15) is 0 Å². The van der Waals surface area contributed by atoms with E-state index in [-0.39, 0.29) is 0 Å². The first-order chi connectivity index (χ1) is 5.88. The molecule has 0 radical (unpaired) electrons. The first-order valence-electron chi connectivity index (χ1n) is 4.52. The predicted octanol–water partition coefficient (Wildman–Crippen LogP) is 1.44. The van der Waals surface area contributed by atoms with Crippen LogP contribution in [0, 0.1) is 0 Å². The molecule has 0 saturated carbocycles. The van der Waals surface area contributed by atoms with Gasteiger partial charge in [0.05, 0.1) is 6.04 Å². The van der Waals surface area contributed by atoms with Crippen molar-refractivity contribution in [3.63, 3.8) is 0 Å². The minimum absolute atomic E-state index is 0.509. The van der Waals surface area contributed by atoms with Gasteiger partial charge >= 0.3 is 0 Å². The molecular formula is C9H17N3. The summed E-state index contributed by atoms with van der Waals surface area (Å²) in [4.78, 5) is 0. The number of nitrogens with zero attached hydrogens (tertiary/aromatic N) is 2. The summed E-state index contributed by atoms with van der Waals surface area (Å²) in [5, 5.41) is 7.41. The SMILES string of the molecule is CCCC(CNC)n1cccn1. The topological polar surface area (TPSA) is 29.9 Å². The van der Waals surface area contributed by atoms with Crippen molar-refractivity contribution in [1.82, 2.24) is 15.1 Å². The van der Waals surface area contributed by atoms with E-state index in [9.17, 15) is 0 Å². The maximum Gasteiger partial charge on any atom is 0.0643 e. The van der Waals surface area contributed by atoms with Crippen LogP contribution in [0.1, 0.15) is 25.8 Å². The fourth-order valence-corrected chi connectivity index (χ4v) is 1.39. The maximum atomic E-state index is 4.23. The zero-order chi connectivity index (χ0) is 8.81. The van der Waals surface area contributed by atoms with Crippen LogP contribution in [0.2, 0.25) is 0 Å². The molecule has 3 nitrogen and oxygen atoms in total. The molecule has 0 saturated heterocycles. The smallest absolute Gasteiger partial charge is 0.0643 e. The summed E-state index contributed by atoms with van der Waals surface area (Å²) in [5.74, 6) is 0. The Balaban J connectivity index is 2.53. The van der Waals surface area contributed by atoms with Gasteiger partial charge in [-0.05, 0) is 19.5 Å². The van der Waals surface area contributed by atoms with Gasteiger partial charge in [0.25, 0.3) is 0 Å². The highest BCUT2D eigenvalue weighted by atomic mass is 15.3. The van der Waals surface area contributed by atoms with Crippen molar-refractivity contribution < 1.29 is 0 Å². The van der Waals surface area contributed by atoms with E-state index >= 15 is 0 Å². The molecule has 0 spiro atoms. The molecule has 0 aliphatic carbocycles. The van der Waals surface area contributed by atoms with Crippen LogP contribution in [0.3, 0.4) is 0 Å². The number of likely N-dealkylation sites (N-methyl/N-ethyl adjacent to an activating group) is 1. The fourth-order valence-electron chi connectivity index (χ4n) is 1.39. The largest absolute Gasteiger partial charge is 0.318 e. The summed E-state index contributed by atoms with van der Waals surface area (Å²) in [6.07, 6.45) is 6.24. The van der Waals surface area contributed by atoms with Gasteiger partial charge in [0.15, 0.2) is 0 Å². The molecule has 0 amide bonds. The van der Waals surface area contributed by atoms with Gasteiger partial charge < -0.3 is 5.32 Å². The lowest BCUT2D eigenvalue weighted by atomic mass is 10.2. The molecule has 0 fully saturated rings. The summed E-state index contributed by atoms with van der Waals surface area (Å²) in [6.45, 7) is 3.20. The highest BCUT2D eigenvalue weighted by molar-refractivity contribution is 4.82. The second-order valence-corrected chi connectivity index (χ2v) is 2.99. The van der Waals surface area contributed by atoms with Gasteiger partial charge in [-0.3, -0.25) is 4.68 Å². The van der Waals surface area contributed by atoms with E-state index in [0.717, 1.165) is 6.54 Å². The molecule has 0 aromatic carbocycles. The van der Waals surface area contributed by atoms with Crippen LogP contribution in [0.4, 0.5) is 0 Å². The van der Waals surface area contributed by atoms with Crippen molar-refractivity contribution in [2.24, 2.45) is 0 Å². The Hall–Kier alpha value is -0.830. The lowest BCUT2D eigenvalue weighted by Crippen LogP contribution is -2.22. The van der Waals surface area contributed by atoms with E-state index in [1.807, 2.05) is 30.2 Å². The van der Waals surface area contributed by atoms with Crippen LogP contribution < -0.4 is 5.32 Å². The summed E-state index contributed by atoms with van der Waals surface area (Å²) >= 11 is 0. The van der Waals surface area contributed by atoms with Gasteiger partial charge in [-0.15, -0.1) is 0 Å². The van der Waals surface area contributed by atoms with Gasteiger partial charge in [-0.25, -0.2) is 0 Å². The van der Waals surface area contributed by atoms with Crippen LogP contribution >= 0.6 is 0 Å². The first kappa shape index (κ1) is 9.26. The maximum absolute atomic E-state index is 4.23. The Labute approximate surface area is 73.8 Å². The number of hydrogen-bond acceptors (Lipinski definition) is 2. The molecule has 0 aliphatic rings. The standard InChI is InChI=1S/C9H17N3/c1-3-5-9(8-10-2)12-7-4-6-11-12/h4,6-7,9-10H,3,5,8H2,1-2H3. The lowest BCUT2D eigenvalue weighted by Gasteiger charge is -2.15. The number of rotatable bonds is 5. The van der Waals surface area contributed by atoms with Gasteiger partial charge in [0.2, 0.25) is 0 Å². The Bertz CT molecular complexity index is 188. The molecule has 1 N–H and O–H groups in total. The second-order valence-electron chi connectivity index (χ2n) is 2.99. The van der Waals surface area contributed by atoms with Crippen molar-refractivity contribution in [2.75, 3.05) is 13.6 Å². The highest BCUT2D eigenvalue weighted by Crippen LogP contribution is 2.10. The van der Waals surface area contributed by atoms with E-state index in [1.54, 1.807) is 0 Å². The third kappa shape index (κ3) is 2.34. The van der Waals surface area contributed by atoms with E-state index < -0.39 is 0 Å². The van der Waals surface area contributed by atoms with Crippen LogP contribution in [0.15, 0.2) is 18.5 Å². The van der Waals surface area contributed by atoms with E-state index in [1.165, 1.54) is 12.8 Å². The van der Waals surface area contributed by atoms with Gasteiger partial charge in [-0.2, -0.15) is 5.10 Å². The average Bonchev–Trinajstić information content (AvgIpc) is 2.56. The van der Waals surface area contributed by atoms with Crippen molar-refractivity contribution in [3.8, 4) is 0 Å². The average molecular weight is 167 g/mol. The van der Waals surface area contributed by atoms with E-state index in [0.29, 0.717) is 6.04 Å². The fraction of sp³-hybridized carbons (Fsp3) is 0.667. The highest BCUT2D eigenvalue weighted by Gasteiger charge is 2.07.